The number of aliphatic hydroxyl groups is 1. The highest BCUT2D eigenvalue weighted by molar-refractivity contribution is 6.07. The lowest BCUT2D eigenvalue weighted by Gasteiger charge is -2.13. The molecule has 0 aliphatic rings. The van der Waals surface area contributed by atoms with Crippen LogP contribution < -0.4 is 14.8 Å². The highest BCUT2D eigenvalue weighted by atomic mass is 16.5. The Morgan fingerprint density at radius 1 is 1.10 bits per heavy atom. The molecule has 2 N–H and O–H groups in total. The molecule has 0 radical (unpaired) electrons. The monoisotopic (exact) mass is 399 g/mol. The third kappa shape index (κ3) is 5.07. The van der Waals surface area contributed by atoms with Gasteiger partial charge in [0.1, 0.15) is 22.8 Å². The summed E-state index contributed by atoms with van der Waals surface area (Å²) in [5.74, 6) is 1.61. The number of carbonyl (C=O) groups excluding carboxylic acids is 1. The van der Waals surface area contributed by atoms with Crippen molar-refractivity contribution in [2.24, 2.45) is 0 Å². The van der Waals surface area contributed by atoms with Gasteiger partial charge in [-0.05, 0) is 42.8 Å². The van der Waals surface area contributed by atoms with Crippen molar-refractivity contribution in [1.82, 2.24) is 5.32 Å². The molecular weight excluding hydrogens is 374 g/mol. The molecule has 1 unspecified atom stereocenters. The van der Waals surface area contributed by atoms with Crippen LogP contribution in [0.5, 0.6) is 11.5 Å². The van der Waals surface area contributed by atoms with Crippen molar-refractivity contribution >= 4 is 16.9 Å². The largest absolute Gasteiger partial charge is 0.497 e. The van der Waals surface area contributed by atoms with Crippen molar-refractivity contribution in [3.63, 3.8) is 0 Å². The van der Waals surface area contributed by atoms with Gasteiger partial charge in [-0.2, -0.15) is 0 Å². The lowest BCUT2D eigenvalue weighted by atomic mass is 10.1. The SMILES string of the molecule is COc1ccc(COCC(O)CNC(=O)c2c(C)oc3ccc(OC)cc23)cc1. The maximum Gasteiger partial charge on any atom is 0.255 e. The van der Waals surface area contributed by atoms with Crippen LogP contribution in [-0.4, -0.2) is 44.5 Å². The van der Waals surface area contributed by atoms with Crippen LogP contribution in [0, 0.1) is 6.92 Å². The van der Waals surface area contributed by atoms with E-state index in [2.05, 4.69) is 5.32 Å². The van der Waals surface area contributed by atoms with Crippen molar-refractivity contribution in [3.8, 4) is 11.5 Å². The molecule has 3 rings (SSSR count). The molecule has 0 saturated carbocycles. The third-order valence-corrected chi connectivity index (χ3v) is 4.53. The molecule has 29 heavy (non-hydrogen) atoms. The maximum absolute atomic E-state index is 12.6. The number of amides is 1. The lowest BCUT2D eigenvalue weighted by molar-refractivity contribution is 0.0285. The minimum absolute atomic E-state index is 0.0670. The van der Waals surface area contributed by atoms with E-state index in [0.717, 1.165) is 11.3 Å². The first-order valence-corrected chi connectivity index (χ1v) is 9.26. The van der Waals surface area contributed by atoms with E-state index >= 15 is 0 Å². The predicted molar refractivity (Wildman–Crippen MR) is 108 cm³/mol. The molecule has 0 bridgehead atoms. The van der Waals surface area contributed by atoms with Gasteiger partial charge in [-0.3, -0.25) is 4.79 Å². The first-order chi connectivity index (χ1) is 14.0. The molecule has 0 saturated heterocycles. The van der Waals surface area contributed by atoms with Gasteiger partial charge < -0.3 is 29.1 Å². The van der Waals surface area contributed by atoms with Crippen molar-refractivity contribution in [2.75, 3.05) is 27.4 Å². The van der Waals surface area contributed by atoms with Crippen LogP contribution in [0.25, 0.3) is 11.0 Å². The zero-order valence-corrected chi connectivity index (χ0v) is 16.7. The molecule has 0 aliphatic carbocycles. The third-order valence-electron chi connectivity index (χ3n) is 4.53. The topological polar surface area (TPSA) is 90.2 Å². The summed E-state index contributed by atoms with van der Waals surface area (Å²) in [7, 11) is 3.18. The highest BCUT2D eigenvalue weighted by Gasteiger charge is 2.19. The summed E-state index contributed by atoms with van der Waals surface area (Å²) >= 11 is 0. The first kappa shape index (κ1) is 20.7. The van der Waals surface area contributed by atoms with Crippen molar-refractivity contribution in [1.29, 1.82) is 0 Å². The van der Waals surface area contributed by atoms with Crippen LogP contribution in [0.4, 0.5) is 0 Å². The van der Waals surface area contributed by atoms with Crippen molar-refractivity contribution in [3.05, 3.63) is 59.4 Å². The summed E-state index contributed by atoms with van der Waals surface area (Å²) < 4.78 is 21.5. The fraction of sp³-hybridized carbons (Fsp3) is 0.318. The summed E-state index contributed by atoms with van der Waals surface area (Å²) in [6, 6.07) is 12.8. The molecule has 0 aliphatic heterocycles. The molecule has 0 fully saturated rings. The molecule has 7 nitrogen and oxygen atoms in total. The number of aryl methyl sites for hydroxylation is 1. The number of nitrogens with one attached hydrogen (secondary N) is 1. The van der Waals surface area contributed by atoms with E-state index in [9.17, 15) is 9.90 Å². The molecule has 1 amide bonds. The van der Waals surface area contributed by atoms with Gasteiger partial charge in [0.05, 0.1) is 39.1 Å². The van der Waals surface area contributed by atoms with E-state index in [4.69, 9.17) is 18.6 Å². The minimum Gasteiger partial charge on any atom is -0.497 e. The number of hydrogen-bond acceptors (Lipinski definition) is 6. The average molecular weight is 399 g/mol. The van der Waals surface area contributed by atoms with Crippen molar-refractivity contribution < 1.29 is 28.5 Å². The predicted octanol–water partition coefficient (Wildman–Crippen LogP) is 3.07. The molecule has 2 aromatic carbocycles. The maximum atomic E-state index is 12.6. The number of methoxy groups -OCH3 is 2. The minimum atomic E-state index is -0.829. The van der Waals surface area contributed by atoms with Gasteiger partial charge in [-0.1, -0.05) is 12.1 Å². The Bertz CT molecular complexity index is 963. The second kappa shape index (κ2) is 9.45. The Hall–Kier alpha value is -3.03. The Balaban J connectivity index is 1.52. The molecule has 1 atom stereocenters. The van der Waals surface area contributed by atoms with Gasteiger partial charge in [0.25, 0.3) is 5.91 Å². The molecule has 3 aromatic rings. The zero-order chi connectivity index (χ0) is 20.8. The summed E-state index contributed by atoms with van der Waals surface area (Å²) in [5.41, 5.74) is 2.01. The Kier molecular flexibility index (Phi) is 6.74. The zero-order valence-electron chi connectivity index (χ0n) is 16.7. The fourth-order valence-electron chi connectivity index (χ4n) is 3.00. The van der Waals surface area contributed by atoms with Gasteiger partial charge >= 0.3 is 0 Å². The molecule has 1 heterocycles. The van der Waals surface area contributed by atoms with E-state index < -0.39 is 6.10 Å². The van der Waals surface area contributed by atoms with Gasteiger partial charge in [0.2, 0.25) is 0 Å². The van der Waals surface area contributed by atoms with E-state index in [1.54, 1.807) is 39.3 Å². The van der Waals surface area contributed by atoms with Crippen LogP contribution in [0.3, 0.4) is 0 Å². The van der Waals surface area contributed by atoms with Crippen LogP contribution in [0.15, 0.2) is 46.9 Å². The summed E-state index contributed by atoms with van der Waals surface area (Å²) in [4.78, 5) is 12.6. The summed E-state index contributed by atoms with van der Waals surface area (Å²) in [5, 5.41) is 13.5. The second-order valence-electron chi connectivity index (χ2n) is 6.62. The molecule has 0 spiro atoms. The number of benzene rings is 2. The van der Waals surface area contributed by atoms with Crippen LogP contribution in [-0.2, 0) is 11.3 Å². The Morgan fingerprint density at radius 3 is 2.48 bits per heavy atom. The number of ether oxygens (including phenoxy) is 3. The first-order valence-electron chi connectivity index (χ1n) is 9.26. The van der Waals surface area contributed by atoms with Crippen LogP contribution in [0.1, 0.15) is 21.7 Å². The molecule has 7 heteroatoms. The van der Waals surface area contributed by atoms with Crippen LogP contribution in [0.2, 0.25) is 0 Å². The summed E-state index contributed by atoms with van der Waals surface area (Å²) in [6.45, 7) is 2.26. The number of aliphatic hydroxyl groups excluding tert-OH is 1. The van der Waals surface area contributed by atoms with Gasteiger partial charge in [0, 0.05) is 11.9 Å². The van der Waals surface area contributed by atoms with E-state index in [1.807, 2.05) is 24.3 Å². The van der Waals surface area contributed by atoms with Gasteiger partial charge in [-0.15, -0.1) is 0 Å². The Labute approximate surface area is 169 Å². The number of hydrogen-bond donors (Lipinski definition) is 2. The van der Waals surface area contributed by atoms with Crippen LogP contribution >= 0.6 is 0 Å². The average Bonchev–Trinajstić information content (AvgIpc) is 3.07. The Morgan fingerprint density at radius 2 is 1.79 bits per heavy atom. The number of furan rings is 1. The van der Waals surface area contributed by atoms with Gasteiger partial charge in [-0.25, -0.2) is 0 Å². The lowest BCUT2D eigenvalue weighted by Crippen LogP contribution is -2.34. The normalized spacial score (nSPS) is 12.0. The molecular formula is C22H25NO6. The fourth-order valence-corrected chi connectivity index (χ4v) is 3.00. The standard InChI is InChI=1S/C22H25NO6/c1-14-21(19-10-18(27-3)8-9-20(19)29-14)22(25)23-11-16(24)13-28-12-15-4-6-17(26-2)7-5-15/h4-10,16,24H,11-13H2,1-3H3,(H,23,25). The van der Waals surface area contributed by atoms with E-state index in [1.165, 1.54) is 0 Å². The smallest absolute Gasteiger partial charge is 0.255 e. The van der Waals surface area contributed by atoms with Crippen molar-refractivity contribution in [2.45, 2.75) is 19.6 Å². The number of carbonyl (C=O) groups is 1. The quantitative estimate of drug-likeness (QED) is 0.575. The second-order valence-corrected chi connectivity index (χ2v) is 6.62. The molecule has 154 valence electrons. The summed E-state index contributed by atoms with van der Waals surface area (Å²) in [6.07, 6.45) is -0.829. The highest BCUT2D eigenvalue weighted by Crippen LogP contribution is 2.28. The van der Waals surface area contributed by atoms with E-state index in [-0.39, 0.29) is 19.1 Å². The van der Waals surface area contributed by atoms with E-state index in [0.29, 0.717) is 34.6 Å². The molecule has 1 aromatic heterocycles. The number of fused-ring (bicyclic) bond motifs is 1. The van der Waals surface area contributed by atoms with Gasteiger partial charge in [0.15, 0.2) is 0 Å². The number of rotatable bonds is 9.